The summed E-state index contributed by atoms with van der Waals surface area (Å²) in [5, 5.41) is 2.86. The fourth-order valence-electron chi connectivity index (χ4n) is 2.43. The van der Waals surface area contributed by atoms with Crippen LogP contribution in [0.5, 0.6) is 0 Å². The minimum Gasteiger partial charge on any atom is -0.0790 e. The van der Waals surface area contributed by atoms with Crippen LogP contribution < -0.4 is 10.6 Å². The number of rotatable bonds is 5. The first-order valence-electron chi connectivity index (χ1n) is 7.53. The quantitative estimate of drug-likeness (QED) is 0.592. The highest BCUT2D eigenvalue weighted by molar-refractivity contribution is 7.73. The Bertz CT molecular complexity index is 663. The van der Waals surface area contributed by atoms with Crippen molar-refractivity contribution in [3.8, 4) is 0 Å². The number of allylic oxidation sites excluding steroid dienone is 1. The lowest BCUT2D eigenvalue weighted by molar-refractivity contribution is 1.64. The average Bonchev–Trinajstić information content (AvgIpc) is 2.61. The van der Waals surface area contributed by atoms with Crippen molar-refractivity contribution < 1.29 is 0 Å². The van der Waals surface area contributed by atoms with Gasteiger partial charge in [-0.3, -0.25) is 0 Å². The van der Waals surface area contributed by atoms with Crippen LogP contribution in [0.1, 0.15) is 5.56 Å². The summed E-state index contributed by atoms with van der Waals surface area (Å²) in [5.41, 5.74) is 1.26. The zero-order chi connectivity index (χ0) is 15.0. The van der Waals surface area contributed by atoms with Crippen LogP contribution in [-0.4, -0.2) is 6.16 Å². The molecular formula is C21H19P. The smallest absolute Gasteiger partial charge is 0.00609 e. The van der Waals surface area contributed by atoms with Gasteiger partial charge in [0.05, 0.1) is 0 Å². The summed E-state index contributed by atoms with van der Waals surface area (Å²) in [5.74, 6) is 0. The van der Waals surface area contributed by atoms with E-state index in [4.69, 9.17) is 0 Å². The van der Waals surface area contributed by atoms with E-state index >= 15 is 0 Å². The normalized spacial score (nSPS) is 11.1. The van der Waals surface area contributed by atoms with Gasteiger partial charge in [-0.25, -0.2) is 0 Å². The first-order chi connectivity index (χ1) is 10.9. The molecule has 3 aromatic carbocycles. The van der Waals surface area contributed by atoms with Crippen LogP contribution in [0.2, 0.25) is 0 Å². The summed E-state index contributed by atoms with van der Waals surface area (Å²) in [7, 11) is -0.334. The van der Waals surface area contributed by atoms with Crippen molar-refractivity contribution in [1.29, 1.82) is 0 Å². The maximum Gasteiger partial charge on any atom is -0.00609 e. The van der Waals surface area contributed by atoms with E-state index in [1.165, 1.54) is 16.2 Å². The van der Waals surface area contributed by atoms with Crippen molar-refractivity contribution in [3.63, 3.8) is 0 Å². The van der Waals surface area contributed by atoms with Crippen molar-refractivity contribution in [2.75, 3.05) is 6.16 Å². The molecule has 108 valence electrons. The van der Waals surface area contributed by atoms with Gasteiger partial charge in [-0.05, 0) is 30.3 Å². The minimum atomic E-state index is -0.334. The standard InChI is InChI=1S/C21H19P/c1-4-11-19(12-5-1)13-10-18-22(20-14-6-2-7-15-20)21-16-8-3-9-17-21/h1-17H,18H2/b13-10+. The van der Waals surface area contributed by atoms with E-state index in [9.17, 15) is 0 Å². The first-order valence-corrected chi connectivity index (χ1v) is 9.05. The molecule has 0 amide bonds. The Morgan fingerprint density at radius 3 is 1.55 bits per heavy atom. The summed E-state index contributed by atoms with van der Waals surface area (Å²) in [6.07, 6.45) is 5.60. The summed E-state index contributed by atoms with van der Waals surface area (Å²) in [6, 6.07) is 32.2. The number of benzene rings is 3. The molecule has 1 heteroatoms. The molecule has 0 aliphatic rings. The lowest BCUT2D eigenvalue weighted by Gasteiger charge is -2.16. The second kappa shape index (κ2) is 7.73. The van der Waals surface area contributed by atoms with Gasteiger partial charge in [-0.2, -0.15) is 0 Å². The summed E-state index contributed by atoms with van der Waals surface area (Å²) < 4.78 is 0. The van der Waals surface area contributed by atoms with E-state index in [0.29, 0.717) is 0 Å². The van der Waals surface area contributed by atoms with Crippen molar-refractivity contribution in [2.45, 2.75) is 0 Å². The Labute approximate surface area is 133 Å². The molecule has 0 N–H and O–H groups in total. The minimum absolute atomic E-state index is 0.334. The topological polar surface area (TPSA) is 0 Å². The van der Waals surface area contributed by atoms with Gasteiger partial charge in [0.15, 0.2) is 0 Å². The Hall–Kier alpha value is -2.17. The van der Waals surface area contributed by atoms with Crippen LogP contribution in [0.3, 0.4) is 0 Å². The molecule has 0 saturated heterocycles. The van der Waals surface area contributed by atoms with Crippen LogP contribution in [0.15, 0.2) is 97.1 Å². The molecule has 0 unspecified atom stereocenters. The summed E-state index contributed by atoms with van der Waals surface area (Å²) in [4.78, 5) is 0. The molecule has 3 rings (SSSR count). The third kappa shape index (κ3) is 3.93. The van der Waals surface area contributed by atoms with Gasteiger partial charge in [0.1, 0.15) is 0 Å². The van der Waals surface area contributed by atoms with Gasteiger partial charge in [-0.15, -0.1) is 0 Å². The molecule has 0 atom stereocenters. The number of hydrogen-bond donors (Lipinski definition) is 0. The van der Waals surface area contributed by atoms with Crippen LogP contribution in [0, 0.1) is 0 Å². The fraction of sp³-hybridized carbons (Fsp3) is 0.0476. The molecule has 0 fully saturated rings. The molecule has 22 heavy (non-hydrogen) atoms. The third-order valence-electron chi connectivity index (χ3n) is 3.53. The van der Waals surface area contributed by atoms with Gasteiger partial charge in [0.25, 0.3) is 0 Å². The highest BCUT2D eigenvalue weighted by Gasteiger charge is 2.11. The van der Waals surface area contributed by atoms with E-state index < -0.39 is 0 Å². The molecule has 0 aliphatic carbocycles. The number of hydrogen-bond acceptors (Lipinski definition) is 0. The van der Waals surface area contributed by atoms with Gasteiger partial charge in [-0.1, -0.05) is 103 Å². The van der Waals surface area contributed by atoms with Crippen molar-refractivity contribution >= 4 is 24.6 Å². The molecule has 0 aliphatic heterocycles. The highest BCUT2D eigenvalue weighted by atomic mass is 31.1. The Balaban J connectivity index is 1.82. The van der Waals surface area contributed by atoms with E-state index in [2.05, 4.69) is 103 Å². The van der Waals surface area contributed by atoms with Gasteiger partial charge in [0, 0.05) is 0 Å². The molecule has 3 aromatic rings. The SMILES string of the molecule is C(=C\c1ccccc1)/CP(c1ccccc1)c1ccccc1. The highest BCUT2D eigenvalue weighted by Crippen LogP contribution is 2.33. The van der Waals surface area contributed by atoms with E-state index in [0.717, 1.165) is 6.16 Å². The average molecular weight is 302 g/mol. The Morgan fingerprint density at radius 2 is 1.05 bits per heavy atom. The lowest BCUT2D eigenvalue weighted by atomic mass is 10.2. The second-order valence-corrected chi connectivity index (χ2v) is 7.35. The van der Waals surface area contributed by atoms with Crippen molar-refractivity contribution in [1.82, 2.24) is 0 Å². The second-order valence-electron chi connectivity index (χ2n) is 5.09. The molecule has 0 bridgehead atoms. The van der Waals surface area contributed by atoms with Crippen LogP contribution in [0.4, 0.5) is 0 Å². The fourth-order valence-corrected chi connectivity index (χ4v) is 4.53. The molecule has 0 radical (unpaired) electrons. The zero-order valence-corrected chi connectivity index (χ0v) is 13.4. The zero-order valence-electron chi connectivity index (χ0n) is 12.5. The maximum atomic E-state index is 2.31. The summed E-state index contributed by atoms with van der Waals surface area (Å²) >= 11 is 0. The van der Waals surface area contributed by atoms with Crippen LogP contribution >= 0.6 is 7.92 Å². The van der Waals surface area contributed by atoms with Crippen LogP contribution in [0.25, 0.3) is 6.08 Å². The van der Waals surface area contributed by atoms with Gasteiger partial charge >= 0.3 is 0 Å². The molecule has 0 nitrogen and oxygen atoms in total. The molecular weight excluding hydrogens is 283 g/mol. The molecule has 0 spiro atoms. The van der Waals surface area contributed by atoms with Crippen molar-refractivity contribution in [3.05, 3.63) is 103 Å². The summed E-state index contributed by atoms with van der Waals surface area (Å²) in [6.45, 7) is 0. The lowest BCUT2D eigenvalue weighted by Crippen LogP contribution is -2.12. The van der Waals surface area contributed by atoms with Crippen LogP contribution in [-0.2, 0) is 0 Å². The molecule has 0 saturated carbocycles. The van der Waals surface area contributed by atoms with Gasteiger partial charge in [0.2, 0.25) is 0 Å². The largest absolute Gasteiger partial charge is 0.0790 e. The molecule has 0 heterocycles. The van der Waals surface area contributed by atoms with Gasteiger partial charge < -0.3 is 0 Å². The predicted octanol–water partition coefficient (Wildman–Crippen LogP) is 4.83. The maximum absolute atomic E-state index is 2.31. The first kappa shape index (κ1) is 14.8. The Kier molecular flexibility index (Phi) is 5.18. The molecule has 0 aromatic heterocycles. The third-order valence-corrected chi connectivity index (χ3v) is 5.95. The van der Waals surface area contributed by atoms with Crippen molar-refractivity contribution in [2.24, 2.45) is 0 Å². The van der Waals surface area contributed by atoms with E-state index in [1.807, 2.05) is 0 Å². The van der Waals surface area contributed by atoms with E-state index in [1.54, 1.807) is 0 Å². The van der Waals surface area contributed by atoms with E-state index in [-0.39, 0.29) is 7.92 Å². The monoisotopic (exact) mass is 302 g/mol. The predicted molar refractivity (Wildman–Crippen MR) is 99.4 cm³/mol. The Morgan fingerprint density at radius 1 is 0.591 bits per heavy atom.